The second kappa shape index (κ2) is 11.0. The van der Waals surface area contributed by atoms with Crippen molar-refractivity contribution in [2.75, 3.05) is 13.1 Å². The first-order chi connectivity index (χ1) is 4.41. The summed E-state index contributed by atoms with van der Waals surface area (Å²) >= 11 is 0. The lowest BCUT2D eigenvalue weighted by Gasteiger charge is -1.81. The van der Waals surface area contributed by atoms with Crippen LogP contribution in [0.3, 0.4) is 0 Å². The summed E-state index contributed by atoms with van der Waals surface area (Å²) in [6.45, 7) is 0.767. The molecule has 0 heterocycles. The fourth-order valence-corrected chi connectivity index (χ4v) is 0.320. The summed E-state index contributed by atoms with van der Waals surface area (Å²) in [5.41, 5.74) is 0. The molecule has 0 aliphatic heterocycles. The Morgan fingerprint density at radius 2 is 1.40 bits per heavy atom. The minimum atomic E-state index is 0. The molecule has 0 aliphatic carbocycles. The van der Waals surface area contributed by atoms with Crippen LogP contribution in [0.4, 0.5) is 0 Å². The SMILES string of the molecule is O=C=NCCCN=C=O.[S]. The van der Waals surface area contributed by atoms with Crippen molar-refractivity contribution in [1.82, 2.24) is 0 Å². The fourth-order valence-electron chi connectivity index (χ4n) is 0.320. The predicted molar refractivity (Wildman–Crippen MR) is 38.2 cm³/mol. The second-order valence-corrected chi connectivity index (χ2v) is 1.30. The quantitative estimate of drug-likeness (QED) is 0.343. The Morgan fingerprint density at radius 3 is 1.70 bits per heavy atom. The first kappa shape index (κ1) is 11.9. The third-order valence-corrected chi connectivity index (χ3v) is 0.669. The maximum Gasteiger partial charge on any atom is 0.234 e. The van der Waals surface area contributed by atoms with Crippen LogP contribution in [-0.2, 0) is 9.59 Å². The Balaban J connectivity index is 0. The summed E-state index contributed by atoms with van der Waals surface area (Å²) in [5.74, 6) is 0. The Labute approximate surface area is 65.5 Å². The third-order valence-electron chi connectivity index (χ3n) is 0.669. The first-order valence-corrected chi connectivity index (χ1v) is 2.49. The predicted octanol–water partition coefficient (Wildman–Crippen LogP) is 0.696. The van der Waals surface area contributed by atoms with E-state index in [4.69, 9.17) is 0 Å². The van der Waals surface area contributed by atoms with E-state index in [0.29, 0.717) is 19.5 Å². The number of aliphatic imine (C=N–C) groups is 2. The summed E-state index contributed by atoms with van der Waals surface area (Å²) in [4.78, 5) is 25.4. The first-order valence-electron chi connectivity index (χ1n) is 2.49. The molecule has 5 heteroatoms. The van der Waals surface area contributed by atoms with Gasteiger partial charge in [0.15, 0.2) is 0 Å². The van der Waals surface area contributed by atoms with E-state index in [9.17, 15) is 9.59 Å². The van der Waals surface area contributed by atoms with Crippen molar-refractivity contribution in [1.29, 1.82) is 0 Å². The van der Waals surface area contributed by atoms with Crippen LogP contribution in [0.25, 0.3) is 0 Å². The lowest BCUT2D eigenvalue weighted by atomic mass is 10.4. The molecule has 0 spiro atoms. The van der Waals surface area contributed by atoms with Crippen molar-refractivity contribution in [2.24, 2.45) is 9.98 Å². The zero-order valence-corrected chi connectivity index (χ0v) is 6.06. The number of hydrogen-bond acceptors (Lipinski definition) is 4. The van der Waals surface area contributed by atoms with Gasteiger partial charge in [0.25, 0.3) is 0 Å². The number of carbonyl (C=O) groups excluding carboxylic acids is 2. The van der Waals surface area contributed by atoms with Crippen LogP contribution < -0.4 is 0 Å². The van der Waals surface area contributed by atoms with Gasteiger partial charge in [0, 0.05) is 13.5 Å². The molecule has 0 aromatic rings. The van der Waals surface area contributed by atoms with Crippen molar-refractivity contribution in [2.45, 2.75) is 6.42 Å². The average molecular weight is 158 g/mol. The standard InChI is InChI=1S/C5H6N2O2.S/c8-4-6-2-1-3-7-5-9;/h1-3H2;. The highest BCUT2D eigenvalue weighted by Gasteiger charge is 1.79. The number of nitrogens with zero attached hydrogens (tertiary/aromatic N) is 2. The Bertz CT molecular complexity index is 141. The molecule has 0 rings (SSSR count). The second-order valence-electron chi connectivity index (χ2n) is 1.30. The smallest absolute Gasteiger partial charge is 0.211 e. The maximum absolute atomic E-state index is 9.44. The van der Waals surface area contributed by atoms with Gasteiger partial charge in [-0.2, -0.15) is 0 Å². The monoisotopic (exact) mass is 158 g/mol. The summed E-state index contributed by atoms with van der Waals surface area (Å²) < 4.78 is 0. The molecule has 0 aromatic carbocycles. The zero-order valence-electron chi connectivity index (χ0n) is 5.24. The van der Waals surface area contributed by atoms with Gasteiger partial charge in [0.05, 0.1) is 13.1 Å². The maximum atomic E-state index is 9.44. The highest BCUT2D eigenvalue weighted by atomic mass is 32.1. The molecule has 0 bridgehead atoms. The Morgan fingerprint density at radius 1 is 1.00 bits per heavy atom. The molecule has 0 aliphatic rings. The largest absolute Gasteiger partial charge is 0.234 e. The summed E-state index contributed by atoms with van der Waals surface area (Å²) in [6, 6.07) is 0. The van der Waals surface area contributed by atoms with Gasteiger partial charge in [-0.1, -0.05) is 0 Å². The minimum Gasteiger partial charge on any atom is -0.211 e. The third kappa shape index (κ3) is 10.2. The molecule has 4 nitrogen and oxygen atoms in total. The molecule has 0 saturated carbocycles. The van der Waals surface area contributed by atoms with Gasteiger partial charge in [0.1, 0.15) is 0 Å². The van der Waals surface area contributed by atoms with Crippen molar-refractivity contribution < 1.29 is 9.59 Å². The van der Waals surface area contributed by atoms with E-state index < -0.39 is 0 Å². The lowest BCUT2D eigenvalue weighted by molar-refractivity contribution is 0.561. The van der Waals surface area contributed by atoms with Gasteiger partial charge in [-0.25, -0.2) is 19.6 Å². The number of hydrogen-bond donors (Lipinski definition) is 0. The van der Waals surface area contributed by atoms with Gasteiger partial charge in [-0.3, -0.25) is 0 Å². The topological polar surface area (TPSA) is 58.9 Å². The van der Waals surface area contributed by atoms with Crippen molar-refractivity contribution in [3.63, 3.8) is 0 Å². The molecule has 2 radical (unpaired) electrons. The van der Waals surface area contributed by atoms with E-state index in [-0.39, 0.29) is 13.5 Å². The van der Waals surface area contributed by atoms with Crippen molar-refractivity contribution in [3.8, 4) is 0 Å². The van der Waals surface area contributed by atoms with E-state index in [2.05, 4.69) is 9.98 Å². The van der Waals surface area contributed by atoms with Crippen LogP contribution in [0.15, 0.2) is 9.98 Å². The van der Waals surface area contributed by atoms with E-state index >= 15 is 0 Å². The molecule has 0 saturated heterocycles. The Hall–Kier alpha value is -0.890. The normalized spacial score (nSPS) is 6.40. The Kier molecular flexibility index (Phi) is 13.0. The summed E-state index contributed by atoms with van der Waals surface area (Å²) in [6.07, 6.45) is 3.36. The average Bonchev–Trinajstić information content (AvgIpc) is 1.89. The van der Waals surface area contributed by atoms with Crippen LogP contribution >= 0.6 is 13.5 Å². The molecule has 0 unspecified atom stereocenters. The van der Waals surface area contributed by atoms with Crippen LogP contribution in [-0.4, -0.2) is 25.2 Å². The van der Waals surface area contributed by atoms with Crippen LogP contribution in [0.5, 0.6) is 0 Å². The van der Waals surface area contributed by atoms with E-state index in [1.54, 1.807) is 0 Å². The van der Waals surface area contributed by atoms with Crippen LogP contribution in [0.1, 0.15) is 6.42 Å². The number of rotatable bonds is 4. The number of isocyanates is 2. The molecule has 0 atom stereocenters. The summed E-state index contributed by atoms with van der Waals surface area (Å²) in [7, 11) is 0. The molecule has 0 aromatic heterocycles. The molecular formula is C5H6N2O2S. The van der Waals surface area contributed by atoms with Gasteiger partial charge < -0.3 is 0 Å². The van der Waals surface area contributed by atoms with E-state index in [0.717, 1.165) is 0 Å². The molecule has 54 valence electrons. The van der Waals surface area contributed by atoms with Gasteiger partial charge >= 0.3 is 0 Å². The summed E-state index contributed by atoms with van der Waals surface area (Å²) in [5, 5.41) is 0. The van der Waals surface area contributed by atoms with E-state index in [1.165, 1.54) is 12.2 Å². The van der Waals surface area contributed by atoms with Gasteiger partial charge in [-0.05, 0) is 6.42 Å². The van der Waals surface area contributed by atoms with Crippen molar-refractivity contribution >= 4 is 25.7 Å². The minimum absolute atomic E-state index is 0. The molecule has 0 amide bonds. The van der Waals surface area contributed by atoms with Crippen LogP contribution in [0, 0.1) is 0 Å². The van der Waals surface area contributed by atoms with Gasteiger partial charge in [-0.15, -0.1) is 0 Å². The lowest BCUT2D eigenvalue weighted by Crippen LogP contribution is -1.83. The molecule has 10 heavy (non-hydrogen) atoms. The highest BCUT2D eigenvalue weighted by molar-refractivity contribution is 7.59. The molecule has 0 fully saturated rings. The van der Waals surface area contributed by atoms with E-state index in [1.807, 2.05) is 0 Å². The molecular weight excluding hydrogens is 152 g/mol. The zero-order chi connectivity index (χ0) is 6.95. The van der Waals surface area contributed by atoms with Crippen LogP contribution in [0.2, 0.25) is 0 Å². The highest BCUT2D eigenvalue weighted by Crippen LogP contribution is 1.78. The van der Waals surface area contributed by atoms with Crippen molar-refractivity contribution in [3.05, 3.63) is 0 Å². The van der Waals surface area contributed by atoms with Gasteiger partial charge in [0.2, 0.25) is 12.2 Å². The molecule has 0 N–H and O–H groups in total. The fraction of sp³-hybridized carbons (Fsp3) is 0.600.